The van der Waals surface area contributed by atoms with Crippen molar-refractivity contribution in [3.05, 3.63) is 20.8 Å². The summed E-state index contributed by atoms with van der Waals surface area (Å²) in [4.78, 5) is 1.46. The minimum atomic E-state index is 0.567. The van der Waals surface area contributed by atoms with Gasteiger partial charge in [0, 0.05) is 4.88 Å². The highest BCUT2D eigenvalue weighted by atomic mass is 35.5. The predicted octanol–water partition coefficient (Wildman–Crippen LogP) is 2.78. The second kappa shape index (κ2) is 3.36. The third-order valence-electron chi connectivity index (χ3n) is 2.49. The smallest absolute Gasteiger partial charge is 0.0934 e. The van der Waals surface area contributed by atoms with Crippen LogP contribution in [0.1, 0.15) is 29.2 Å². The van der Waals surface area contributed by atoms with E-state index in [-0.39, 0.29) is 0 Å². The third-order valence-corrected chi connectivity index (χ3v) is 3.83. The topological polar surface area (TPSA) is 26.0 Å². The van der Waals surface area contributed by atoms with E-state index in [4.69, 9.17) is 17.3 Å². The average Bonchev–Trinajstić information content (AvgIpc) is 2.44. The zero-order valence-corrected chi connectivity index (χ0v) is 8.42. The molecule has 12 heavy (non-hydrogen) atoms. The molecule has 1 nitrogen and oxygen atoms in total. The van der Waals surface area contributed by atoms with Gasteiger partial charge in [0.1, 0.15) is 0 Å². The number of hydrogen-bond donors (Lipinski definition) is 1. The summed E-state index contributed by atoms with van der Waals surface area (Å²) < 4.78 is 0.917. The predicted molar refractivity (Wildman–Crippen MR) is 54.1 cm³/mol. The Hall–Kier alpha value is -0.0500. The minimum absolute atomic E-state index is 0.567. The quantitative estimate of drug-likeness (QED) is 0.743. The summed E-state index contributed by atoms with van der Waals surface area (Å²) in [5.74, 6) is 0.567. The van der Waals surface area contributed by atoms with Crippen molar-refractivity contribution in [1.29, 1.82) is 0 Å². The summed E-state index contributed by atoms with van der Waals surface area (Å²) in [7, 11) is 0. The summed E-state index contributed by atoms with van der Waals surface area (Å²) in [5, 5.41) is 0. The van der Waals surface area contributed by atoms with Gasteiger partial charge in [-0.3, -0.25) is 0 Å². The molecule has 0 saturated carbocycles. The second-order valence-electron chi connectivity index (χ2n) is 3.25. The summed E-state index contributed by atoms with van der Waals surface area (Å²) in [5.41, 5.74) is 7.10. The van der Waals surface area contributed by atoms with E-state index in [0.29, 0.717) is 5.92 Å². The first-order chi connectivity index (χ1) is 5.81. The fourth-order valence-corrected chi connectivity index (χ4v) is 3.27. The summed E-state index contributed by atoms with van der Waals surface area (Å²) in [6.07, 6.45) is 3.70. The van der Waals surface area contributed by atoms with Gasteiger partial charge < -0.3 is 5.73 Å². The Balaban J connectivity index is 2.36. The lowest BCUT2D eigenvalue weighted by Gasteiger charge is -2.20. The molecule has 0 fully saturated rings. The Morgan fingerprint density at radius 2 is 2.50 bits per heavy atom. The molecular weight excluding hydrogens is 190 g/mol. The molecule has 1 aliphatic rings. The van der Waals surface area contributed by atoms with E-state index in [2.05, 4.69) is 6.07 Å². The maximum atomic E-state index is 5.95. The van der Waals surface area contributed by atoms with Crippen LogP contribution in [-0.2, 0) is 6.42 Å². The van der Waals surface area contributed by atoms with Crippen molar-refractivity contribution in [2.45, 2.75) is 25.2 Å². The molecular formula is C9H12ClNS. The van der Waals surface area contributed by atoms with E-state index >= 15 is 0 Å². The van der Waals surface area contributed by atoms with Crippen molar-refractivity contribution in [3.8, 4) is 0 Å². The van der Waals surface area contributed by atoms with E-state index in [1.165, 1.54) is 29.7 Å². The molecule has 0 spiro atoms. The summed E-state index contributed by atoms with van der Waals surface area (Å²) >= 11 is 7.67. The number of fused-ring (bicyclic) bond motifs is 1. The van der Waals surface area contributed by atoms with Crippen LogP contribution in [0.3, 0.4) is 0 Å². The SMILES string of the molecule is NCC1CCCc2sc(Cl)cc21. The third kappa shape index (κ3) is 1.39. The van der Waals surface area contributed by atoms with Crippen LogP contribution >= 0.6 is 22.9 Å². The number of rotatable bonds is 1. The lowest BCUT2D eigenvalue weighted by molar-refractivity contribution is 0.568. The second-order valence-corrected chi connectivity index (χ2v) is 5.02. The van der Waals surface area contributed by atoms with E-state index in [9.17, 15) is 0 Å². The first kappa shape index (κ1) is 8.54. The van der Waals surface area contributed by atoms with Gasteiger partial charge in [-0.25, -0.2) is 0 Å². The van der Waals surface area contributed by atoms with Gasteiger partial charge >= 0.3 is 0 Å². The Bertz CT molecular complexity index is 282. The van der Waals surface area contributed by atoms with Crippen molar-refractivity contribution in [2.75, 3.05) is 6.54 Å². The Morgan fingerprint density at radius 3 is 3.25 bits per heavy atom. The fourth-order valence-electron chi connectivity index (χ4n) is 1.86. The van der Waals surface area contributed by atoms with E-state index in [1.807, 2.05) is 0 Å². The Morgan fingerprint density at radius 1 is 1.67 bits per heavy atom. The van der Waals surface area contributed by atoms with Gasteiger partial charge in [-0.05, 0) is 43.4 Å². The molecule has 1 unspecified atom stereocenters. The lowest BCUT2D eigenvalue weighted by atomic mass is 9.88. The normalized spacial score (nSPS) is 22.3. The molecule has 1 aliphatic carbocycles. The highest BCUT2D eigenvalue weighted by Gasteiger charge is 2.21. The zero-order chi connectivity index (χ0) is 8.55. The van der Waals surface area contributed by atoms with Crippen LogP contribution < -0.4 is 5.73 Å². The van der Waals surface area contributed by atoms with Crippen LogP contribution in [0.5, 0.6) is 0 Å². The summed E-state index contributed by atoms with van der Waals surface area (Å²) in [6, 6.07) is 2.10. The van der Waals surface area contributed by atoms with E-state index in [0.717, 1.165) is 10.9 Å². The van der Waals surface area contributed by atoms with Gasteiger partial charge in [0.2, 0.25) is 0 Å². The van der Waals surface area contributed by atoms with Crippen LogP contribution in [0.15, 0.2) is 6.07 Å². The highest BCUT2D eigenvalue weighted by Crippen LogP contribution is 2.38. The van der Waals surface area contributed by atoms with E-state index in [1.54, 1.807) is 11.3 Å². The molecule has 1 heterocycles. The number of nitrogens with two attached hydrogens (primary N) is 1. The van der Waals surface area contributed by atoms with Gasteiger partial charge in [-0.15, -0.1) is 11.3 Å². The number of thiophene rings is 1. The first-order valence-corrected chi connectivity index (χ1v) is 5.49. The number of aryl methyl sites for hydroxylation is 1. The van der Waals surface area contributed by atoms with Gasteiger partial charge in [-0.1, -0.05) is 11.6 Å². The van der Waals surface area contributed by atoms with Gasteiger partial charge in [0.15, 0.2) is 0 Å². The van der Waals surface area contributed by atoms with Gasteiger partial charge in [-0.2, -0.15) is 0 Å². The zero-order valence-electron chi connectivity index (χ0n) is 6.85. The molecule has 1 aromatic heterocycles. The lowest BCUT2D eigenvalue weighted by Crippen LogP contribution is -2.16. The number of halogens is 1. The Kier molecular flexibility index (Phi) is 2.40. The molecule has 0 saturated heterocycles. The van der Waals surface area contributed by atoms with E-state index < -0.39 is 0 Å². The highest BCUT2D eigenvalue weighted by molar-refractivity contribution is 7.16. The first-order valence-electron chi connectivity index (χ1n) is 4.29. The van der Waals surface area contributed by atoms with Crippen molar-refractivity contribution < 1.29 is 0 Å². The van der Waals surface area contributed by atoms with Gasteiger partial charge in [0.05, 0.1) is 4.34 Å². The molecule has 66 valence electrons. The standard InChI is InChI=1S/C9H12ClNS/c10-9-4-7-6(5-11)2-1-3-8(7)12-9/h4,6H,1-3,5,11H2. The maximum absolute atomic E-state index is 5.95. The average molecular weight is 202 g/mol. The Labute approximate surface area is 81.5 Å². The van der Waals surface area contributed by atoms with Crippen molar-refractivity contribution in [1.82, 2.24) is 0 Å². The van der Waals surface area contributed by atoms with Crippen LogP contribution in [0.2, 0.25) is 4.34 Å². The van der Waals surface area contributed by atoms with Crippen molar-refractivity contribution in [2.24, 2.45) is 5.73 Å². The van der Waals surface area contributed by atoms with Gasteiger partial charge in [0.25, 0.3) is 0 Å². The van der Waals surface area contributed by atoms with Crippen LogP contribution in [-0.4, -0.2) is 6.54 Å². The minimum Gasteiger partial charge on any atom is -0.330 e. The van der Waals surface area contributed by atoms with Crippen molar-refractivity contribution in [3.63, 3.8) is 0 Å². The largest absolute Gasteiger partial charge is 0.330 e. The number of hydrogen-bond acceptors (Lipinski definition) is 2. The monoisotopic (exact) mass is 201 g/mol. The molecule has 0 bridgehead atoms. The van der Waals surface area contributed by atoms with Crippen LogP contribution in [0.25, 0.3) is 0 Å². The molecule has 3 heteroatoms. The molecule has 0 radical (unpaired) electrons. The van der Waals surface area contributed by atoms with Crippen LogP contribution in [0, 0.1) is 0 Å². The molecule has 2 N–H and O–H groups in total. The van der Waals surface area contributed by atoms with Crippen molar-refractivity contribution >= 4 is 22.9 Å². The molecule has 2 rings (SSSR count). The maximum Gasteiger partial charge on any atom is 0.0934 e. The molecule has 1 aromatic rings. The van der Waals surface area contributed by atoms with Crippen LogP contribution in [0.4, 0.5) is 0 Å². The molecule has 1 atom stereocenters. The fraction of sp³-hybridized carbons (Fsp3) is 0.556. The molecule has 0 amide bonds. The molecule has 0 aliphatic heterocycles. The molecule has 0 aromatic carbocycles. The summed E-state index contributed by atoms with van der Waals surface area (Å²) in [6.45, 7) is 0.764.